The molecule has 28 heavy (non-hydrogen) atoms. The Kier molecular flexibility index (Phi) is 3.66. The molecule has 1 spiro atoms. The summed E-state index contributed by atoms with van der Waals surface area (Å²) in [4.78, 5) is 22.6. The van der Waals surface area contributed by atoms with E-state index in [2.05, 4.69) is 15.1 Å². The maximum absolute atomic E-state index is 12.8. The molecule has 2 saturated heterocycles. The Labute approximate surface area is 160 Å². The molecule has 0 aromatic carbocycles. The average Bonchev–Trinajstić information content (AvgIpc) is 3.39. The number of hydrogen-bond donors (Lipinski definition) is 0. The van der Waals surface area contributed by atoms with Crippen LogP contribution in [0.25, 0.3) is 11.5 Å². The van der Waals surface area contributed by atoms with Crippen LogP contribution in [0.2, 0.25) is 0 Å². The molecule has 0 N–H and O–H groups in total. The van der Waals surface area contributed by atoms with E-state index in [0.29, 0.717) is 23.5 Å². The first-order valence-corrected chi connectivity index (χ1v) is 10.4. The molecule has 1 atom stereocenters. The van der Waals surface area contributed by atoms with Crippen molar-refractivity contribution in [2.75, 3.05) is 18.8 Å². The first-order chi connectivity index (χ1) is 13.5. The van der Waals surface area contributed by atoms with Crippen LogP contribution in [-0.2, 0) is 9.84 Å². The minimum atomic E-state index is -3.40. The second-order valence-corrected chi connectivity index (χ2v) is 9.52. The van der Waals surface area contributed by atoms with Gasteiger partial charge in [-0.25, -0.2) is 8.42 Å². The van der Waals surface area contributed by atoms with Crippen molar-refractivity contribution in [3.63, 3.8) is 0 Å². The number of carbonyl (C=O) groups is 1. The fourth-order valence-electron chi connectivity index (χ4n) is 4.01. The van der Waals surface area contributed by atoms with E-state index >= 15 is 0 Å². The van der Waals surface area contributed by atoms with Crippen LogP contribution in [-0.4, -0.2) is 57.9 Å². The molecule has 0 bridgehead atoms. The van der Waals surface area contributed by atoms with Crippen LogP contribution >= 0.6 is 0 Å². The Morgan fingerprint density at radius 3 is 2.82 bits per heavy atom. The Hall–Kier alpha value is -3.01. The number of sulfone groups is 1. The maximum Gasteiger partial charge on any atom is 0.257 e. The van der Waals surface area contributed by atoms with Gasteiger partial charge in [-0.1, -0.05) is 11.2 Å². The van der Waals surface area contributed by atoms with E-state index in [1.807, 2.05) is 6.07 Å². The molecule has 10 heteroatoms. The highest BCUT2D eigenvalue weighted by atomic mass is 32.2. The molecular weight excluding hydrogens is 384 g/mol. The number of aromatic nitrogens is 3. The number of likely N-dealkylation sites (tertiary alicyclic amines) is 1. The summed E-state index contributed by atoms with van der Waals surface area (Å²) in [5.74, 6) is -0.0687. The molecule has 2 fully saturated rings. The van der Waals surface area contributed by atoms with Crippen LogP contribution < -0.4 is 0 Å². The highest BCUT2D eigenvalue weighted by Gasteiger charge is 2.64. The van der Waals surface area contributed by atoms with Crippen molar-refractivity contribution in [1.29, 1.82) is 0 Å². The fourth-order valence-corrected chi connectivity index (χ4v) is 6.32. The molecule has 5 rings (SSSR count). The number of nitrogens with zero attached hydrogens (tertiary/aromatic N) is 4. The summed E-state index contributed by atoms with van der Waals surface area (Å²) in [5.41, 5.74) is 0.954. The van der Waals surface area contributed by atoms with Crippen LogP contribution in [0.5, 0.6) is 0 Å². The van der Waals surface area contributed by atoms with Gasteiger partial charge >= 0.3 is 0 Å². The molecular formula is C18H16N4O5S. The van der Waals surface area contributed by atoms with Crippen LogP contribution in [0.15, 0.2) is 51.9 Å². The molecule has 1 amide bonds. The van der Waals surface area contributed by atoms with Gasteiger partial charge in [0.15, 0.2) is 9.84 Å². The monoisotopic (exact) mass is 400 g/mol. The molecule has 5 heterocycles. The average molecular weight is 400 g/mol. The molecule has 0 saturated carbocycles. The van der Waals surface area contributed by atoms with Crippen molar-refractivity contribution < 1.29 is 22.2 Å². The van der Waals surface area contributed by atoms with Crippen molar-refractivity contribution in [2.45, 2.75) is 17.1 Å². The molecule has 0 radical (unpaired) electrons. The lowest BCUT2D eigenvalue weighted by molar-refractivity contribution is 0.0503. The van der Waals surface area contributed by atoms with E-state index in [0.717, 1.165) is 0 Å². The van der Waals surface area contributed by atoms with Gasteiger partial charge in [-0.3, -0.25) is 9.78 Å². The smallest absolute Gasteiger partial charge is 0.257 e. The summed E-state index contributed by atoms with van der Waals surface area (Å²) in [5, 5.41) is 3.96. The van der Waals surface area contributed by atoms with Gasteiger partial charge in [-0.15, -0.1) is 0 Å². The summed E-state index contributed by atoms with van der Waals surface area (Å²) >= 11 is 0. The van der Waals surface area contributed by atoms with E-state index < -0.39 is 20.5 Å². The molecule has 3 aromatic heterocycles. The third kappa shape index (κ3) is 2.40. The summed E-state index contributed by atoms with van der Waals surface area (Å²) in [6.45, 7) is 0.205. The Bertz CT molecular complexity index is 1120. The lowest BCUT2D eigenvalue weighted by Gasteiger charge is -2.48. The Morgan fingerprint density at radius 2 is 2.11 bits per heavy atom. The predicted octanol–water partition coefficient (Wildman–Crippen LogP) is 1.52. The van der Waals surface area contributed by atoms with Crippen LogP contribution in [0.1, 0.15) is 28.6 Å². The highest BCUT2D eigenvalue weighted by molar-refractivity contribution is 7.93. The lowest BCUT2D eigenvalue weighted by atomic mass is 9.82. The first-order valence-electron chi connectivity index (χ1n) is 8.79. The fraction of sp³-hybridized carbons (Fsp3) is 0.333. The SMILES string of the molecule is O=C(c1ccoc1)N1CC2(C1)C(c1nc(-c3ccccn3)no1)CCS2(=O)=O. The van der Waals surface area contributed by atoms with Crippen LogP contribution in [0.3, 0.4) is 0 Å². The van der Waals surface area contributed by atoms with E-state index in [9.17, 15) is 13.2 Å². The quantitative estimate of drug-likeness (QED) is 0.649. The van der Waals surface area contributed by atoms with Gasteiger partial charge in [0, 0.05) is 19.3 Å². The number of rotatable bonds is 3. The van der Waals surface area contributed by atoms with E-state index in [4.69, 9.17) is 8.94 Å². The van der Waals surface area contributed by atoms with Crippen molar-refractivity contribution in [3.05, 3.63) is 54.4 Å². The largest absolute Gasteiger partial charge is 0.472 e. The summed E-state index contributed by atoms with van der Waals surface area (Å²) < 4.78 is 34.9. The maximum atomic E-state index is 12.8. The number of hydrogen-bond acceptors (Lipinski definition) is 8. The van der Waals surface area contributed by atoms with E-state index in [-0.39, 0.29) is 30.6 Å². The van der Waals surface area contributed by atoms with Crippen LogP contribution in [0.4, 0.5) is 0 Å². The minimum Gasteiger partial charge on any atom is -0.472 e. The van der Waals surface area contributed by atoms with Gasteiger partial charge in [-0.05, 0) is 24.6 Å². The van der Waals surface area contributed by atoms with E-state index in [1.54, 1.807) is 24.4 Å². The summed E-state index contributed by atoms with van der Waals surface area (Å²) in [6, 6.07) is 6.91. The van der Waals surface area contributed by atoms with Gasteiger partial charge in [-0.2, -0.15) is 4.98 Å². The van der Waals surface area contributed by atoms with Gasteiger partial charge in [0.1, 0.15) is 16.7 Å². The lowest BCUT2D eigenvalue weighted by Crippen LogP contribution is -2.67. The van der Waals surface area contributed by atoms with Crippen molar-refractivity contribution in [3.8, 4) is 11.5 Å². The van der Waals surface area contributed by atoms with Gasteiger partial charge in [0.25, 0.3) is 5.91 Å². The standard InChI is InChI=1S/C18H16N4O5S/c23-17(12-4-7-26-9-12)22-10-18(11-22)13(5-8-28(18,24)25)16-20-15(21-27-16)14-3-1-2-6-19-14/h1-4,6-7,9,13H,5,8,10-11H2. The second kappa shape index (κ2) is 5.99. The van der Waals surface area contributed by atoms with Gasteiger partial charge < -0.3 is 13.8 Å². The third-order valence-corrected chi connectivity index (χ3v) is 8.09. The molecule has 2 aliphatic rings. The van der Waals surface area contributed by atoms with Crippen molar-refractivity contribution >= 4 is 15.7 Å². The number of amides is 1. The highest BCUT2D eigenvalue weighted by Crippen LogP contribution is 2.49. The number of furan rings is 1. The second-order valence-electron chi connectivity index (χ2n) is 7.07. The molecule has 1 unspecified atom stereocenters. The van der Waals surface area contributed by atoms with Crippen molar-refractivity contribution in [2.24, 2.45) is 0 Å². The number of carbonyl (C=O) groups excluding carboxylic acids is 1. The van der Waals surface area contributed by atoms with Crippen LogP contribution in [0, 0.1) is 0 Å². The zero-order valence-electron chi connectivity index (χ0n) is 14.7. The molecule has 0 aliphatic carbocycles. The predicted molar refractivity (Wildman–Crippen MR) is 96.0 cm³/mol. The topological polar surface area (TPSA) is 119 Å². The first kappa shape index (κ1) is 17.1. The van der Waals surface area contributed by atoms with Crippen molar-refractivity contribution in [1.82, 2.24) is 20.0 Å². The minimum absolute atomic E-state index is 0.0344. The Morgan fingerprint density at radius 1 is 1.25 bits per heavy atom. The van der Waals surface area contributed by atoms with E-state index in [1.165, 1.54) is 17.4 Å². The summed E-state index contributed by atoms with van der Waals surface area (Å²) in [6.07, 6.45) is 4.78. The zero-order valence-corrected chi connectivity index (χ0v) is 15.5. The molecule has 2 aliphatic heterocycles. The summed E-state index contributed by atoms with van der Waals surface area (Å²) in [7, 11) is -3.40. The zero-order chi connectivity index (χ0) is 19.4. The van der Waals surface area contributed by atoms with Gasteiger partial charge in [0.05, 0.1) is 23.5 Å². The molecule has 3 aromatic rings. The normalized spacial score (nSPS) is 22.3. The molecule has 144 valence electrons. The third-order valence-electron chi connectivity index (χ3n) is 5.54. The molecule has 9 nitrogen and oxygen atoms in total. The number of pyridine rings is 1. The van der Waals surface area contributed by atoms with Gasteiger partial charge in [0.2, 0.25) is 11.7 Å². The Balaban J connectivity index is 1.43.